The molecule has 0 heterocycles. The van der Waals surface area contributed by atoms with Crippen LogP contribution in [0.2, 0.25) is 0 Å². The molecule has 0 atom stereocenters. The normalized spacial score (nSPS) is 12.0. The fraction of sp³-hybridized carbons (Fsp3) is 0. The molecule has 2 aromatic rings. The molecular weight excluding hydrogens is 167 g/mol. The van der Waals surface area contributed by atoms with Crippen molar-refractivity contribution >= 4 is 41.8 Å². The molecule has 0 aliphatic heterocycles. The van der Waals surface area contributed by atoms with Gasteiger partial charge in [-0.1, -0.05) is 0 Å². The Bertz CT molecular complexity index is 552. The zero-order valence-electron chi connectivity index (χ0n) is 7.83. The summed E-state index contributed by atoms with van der Waals surface area (Å²) in [6.07, 6.45) is 4.34. The Balaban J connectivity index is 2.57. The molecule has 3 rings (SSSR count). The molecule has 0 N–H and O–H groups in total. The molecule has 1 heteroatoms. The first-order chi connectivity index (χ1) is 6.90. The van der Waals surface area contributed by atoms with Crippen molar-refractivity contribution in [3.8, 4) is 0 Å². The molecule has 0 spiro atoms. The van der Waals surface area contributed by atoms with Crippen LogP contribution in [-0.4, -0.2) is 13.4 Å². The zero-order valence-corrected chi connectivity index (χ0v) is 7.83. The van der Waals surface area contributed by atoms with Crippen molar-refractivity contribution in [3.05, 3.63) is 41.5 Å². The summed E-state index contributed by atoms with van der Waals surface area (Å²) >= 11 is 0. The first kappa shape index (κ1) is 7.75. The topological polar surface area (TPSA) is 0 Å². The molecule has 2 aromatic carbocycles. The van der Waals surface area contributed by atoms with Crippen LogP contribution in [0.4, 0.5) is 0 Å². The van der Waals surface area contributed by atoms with Crippen molar-refractivity contribution in [1.29, 1.82) is 0 Å². The summed E-state index contributed by atoms with van der Waals surface area (Å²) in [4.78, 5) is 0. The summed E-state index contributed by atoms with van der Waals surface area (Å²) in [7, 11) is 0. The molecule has 0 bridgehead atoms. The number of hydrogen-bond donors (Lipinski definition) is 0. The molecule has 0 fully saturated rings. The molecule has 0 aromatic heterocycles. The third-order valence-electron chi connectivity index (χ3n) is 2.80. The van der Waals surface area contributed by atoms with Crippen LogP contribution in [0.15, 0.2) is 30.3 Å². The summed E-state index contributed by atoms with van der Waals surface area (Å²) in [5.41, 5.74) is 3.86. The Labute approximate surface area is 83.8 Å². The van der Waals surface area contributed by atoms with Crippen LogP contribution in [0.1, 0.15) is 11.1 Å². The second-order valence-electron chi connectivity index (χ2n) is 3.55. The summed E-state index contributed by atoms with van der Waals surface area (Å²) in [6, 6.07) is 10.7. The standard InChI is InChI=1S/C13H9B/c1-14-12-8-7-10-6-5-9-3-2-4-11(12)13(9)10/h2-8H,1H2. The van der Waals surface area contributed by atoms with Crippen molar-refractivity contribution in [1.82, 2.24) is 0 Å². The van der Waals surface area contributed by atoms with Crippen molar-refractivity contribution in [2.75, 3.05) is 0 Å². The third-order valence-corrected chi connectivity index (χ3v) is 2.80. The van der Waals surface area contributed by atoms with Crippen molar-refractivity contribution < 1.29 is 0 Å². The molecule has 1 aliphatic rings. The van der Waals surface area contributed by atoms with E-state index in [1.54, 1.807) is 0 Å². The minimum atomic E-state index is 1.22. The van der Waals surface area contributed by atoms with E-state index < -0.39 is 0 Å². The molecule has 0 amide bonds. The van der Waals surface area contributed by atoms with Crippen LogP contribution < -0.4 is 5.46 Å². The van der Waals surface area contributed by atoms with Crippen molar-refractivity contribution in [2.45, 2.75) is 0 Å². The minimum absolute atomic E-state index is 1.22. The van der Waals surface area contributed by atoms with Gasteiger partial charge in [0.05, 0.1) is 0 Å². The average molecular weight is 176 g/mol. The maximum absolute atomic E-state index is 3.84. The van der Waals surface area contributed by atoms with Gasteiger partial charge in [-0.3, -0.25) is 0 Å². The fourth-order valence-corrected chi connectivity index (χ4v) is 2.12. The molecule has 0 radical (unpaired) electrons. The van der Waals surface area contributed by atoms with Gasteiger partial charge in [-0.25, -0.2) is 0 Å². The molecule has 14 heavy (non-hydrogen) atoms. The van der Waals surface area contributed by atoms with Crippen molar-refractivity contribution in [3.63, 3.8) is 0 Å². The number of rotatable bonds is 1. The Morgan fingerprint density at radius 2 is 1.71 bits per heavy atom. The molecule has 0 nitrogen and oxygen atoms in total. The summed E-state index contributed by atoms with van der Waals surface area (Å²) in [5, 5.41) is 2.67. The third kappa shape index (κ3) is 0.870. The molecule has 0 saturated carbocycles. The van der Waals surface area contributed by atoms with Gasteiger partial charge in [0, 0.05) is 0 Å². The average Bonchev–Trinajstić information content (AvgIpc) is 2.65. The second-order valence-corrected chi connectivity index (χ2v) is 3.55. The Morgan fingerprint density at radius 3 is 2.50 bits per heavy atom. The summed E-state index contributed by atoms with van der Waals surface area (Å²) in [5.74, 6) is 0. The van der Waals surface area contributed by atoms with Gasteiger partial charge in [-0.2, -0.15) is 0 Å². The molecule has 64 valence electrons. The maximum atomic E-state index is 3.84. The SMILES string of the molecule is C=Bc1ccc2c3c(cccc13)C=C2. The molecule has 0 unspecified atom stereocenters. The number of benzene rings is 2. The van der Waals surface area contributed by atoms with Crippen LogP contribution in [0.3, 0.4) is 0 Å². The van der Waals surface area contributed by atoms with Crippen molar-refractivity contribution in [2.24, 2.45) is 0 Å². The molecular formula is C13H9B. The zero-order chi connectivity index (χ0) is 9.54. The molecule has 1 aliphatic carbocycles. The van der Waals surface area contributed by atoms with E-state index in [0.717, 1.165) is 0 Å². The van der Waals surface area contributed by atoms with E-state index >= 15 is 0 Å². The van der Waals surface area contributed by atoms with Crippen LogP contribution in [0.5, 0.6) is 0 Å². The Hall–Kier alpha value is -1.63. The summed E-state index contributed by atoms with van der Waals surface area (Å²) < 4.78 is 0. The predicted molar refractivity (Wildman–Crippen MR) is 65.4 cm³/mol. The Kier molecular flexibility index (Phi) is 1.48. The first-order valence-electron chi connectivity index (χ1n) is 4.76. The van der Waals surface area contributed by atoms with Gasteiger partial charge in [-0.05, 0) is 0 Å². The monoisotopic (exact) mass is 176 g/mol. The number of hydrogen-bond acceptors (Lipinski definition) is 0. The fourth-order valence-electron chi connectivity index (χ4n) is 2.12. The summed E-state index contributed by atoms with van der Waals surface area (Å²) in [6.45, 7) is 5.76. The first-order valence-corrected chi connectivity index (χ1v) is 4.76. The molecule has 0 saturated heterocycles. The van der Waals surface area contributed by atoms with Gasteiger partial charge in [-0.15, -0.1) is 0 Å². The van der Waals surface area contributed by atoms with Gasteiger partial charge in [0.15, 0.2) is 0 Å². The van der Waals surface area contributed by atoms with Crippen LogP contribution in [0.25, 0.3) is 22.9 Å². The van der Waals surface area contributed by atoms with E-state index in [9.17, 15) is 0 Å². The van der Waals surface area contributed by atoms with Gasteiger partial charge < -0.3 is 0 Å². The quantitative estimate of drug-likeness (QED) is 0.498. The van der Waals surface area contributed by atoms with E-state index in [1.165, 1.54) is 27.4 Å². The second kappa shape index (κ2) is 2.68. The Morgan fingerprint density at radius 1 is 0.929 bits per heavy atom. The van der Waals surface area contributed by atoms with Crippen LogP contribution in [0, 0.1) is 0 Å². The van der Waals surface area contributed by atoms with E-state index in [1.807, 2.05) is 6.92 Å². The van der Waals surface area contributed by atoms with E-state index in [4.69, 9.17) is 0 Å². The van der Waals surface area contributed by atoms with Gasteiger partial charge >= 0.3 is 83.2 Å². The van der Waals surface area contributed by atoms with Crippen LogP contribution >= 0.6 is 0 Å². The van der Waals surface area contributed by atoms with Crippen LogP contribution in [-0.2, 0) is 0 Å². The van der Waals surface area contributed by atoms with E-state index in [-0.39, 0.29) is 0 Å². The van der Waals surface area contributed by atoms with Gasteiger partial charge in [0.25, 0.3) is 0 Å². The van der Waals surface area contributed by atoms with Gasteiger partial charge in [0.2, 0.25) is 0 Å². The van der Waals surface area contributed by atoms with E-state index in [2.05, 4.69) is 49.0 Å². The van der Waals surface area contributed by atoms with Gasteiger partial charge in [0.1, 0.15) is 0 Å². The predicted octanol–water partition coefficient (Wildman–Crippen LogP) is 2.09. The van der Waals surface area contributed by atoms with E-state index in [0.29, 0.717) is 0 Å².